The van der Waals surface area contributed by atoms with Crippen molar-refractivity contribution in [2.24, 2.45) is 4.99 Å². The lowest BCUT2D eigenvalue weighted by Gasteiger charge is -2.14. The predicted molar refractivity (Wildman–Crippen MR) is 130 cm³/mol. The van der Waals surface area contributed by atoms with Crippen molar-refractivity contribution in [2.75, 3.05) is 0 Å². The number of rotatable bonds is 2. The van der Waals surface area contributed by atoms with E-state index in [0.717, 1.165) is 62.2 Å². The summed E-state index contributed by atoms with van der Waals surface area (Å²) in [5, 5.41) is 21.7. The van der Waals surface area contributed by atoms with Crippen molar-refractivity contribution in [3.63, 3.8) is 0 Å². The molecule has 2 aliphatic carbocycles. The Hall–Kier alpha value is -4.88. The summed E-state index contributed by atoms with van der Waals surface area (Å²) >= 11 is 0. The maximum absolute atomic E-state index is 13.0. The zero-order valence-corrected chi connectivity index (χ0v) is 18.6. The highest BCUT2D eigenvalue weighted by Crippen LogP contribution is 2.49. The van der Waals surface area contributed by atoms with Crippen LogP contribution in [0.25, 0.3) is 33.4 Å². The first-order chi connectivity index (χ1) is 17.4. The summed E-state index contributed by atoms with van der Waals surface area (Å²) in [6.07, 6.45) is -0.439. The van der Waals surface area contributed by atoms with Gasteiger partial charge in [-0.3, -0.25) is 0 Å². The van der Waals surface area contributed by atoms with Crippen LogP contribution >= 0.6 is 0 Å². The first-order valence-electron chi connectivity index (χ1n) is 11.1. The summed E-state index contributed by atoms with van der Waals surface area (Å²) < 4.78 is 39.0. The third-order valence-electron chi connectivity index (χ3n) is 6.80. The Kier molecular flexibility index (Phi) is 4.71. The molecule has 0 aromatic heterocycles. The molecule has 0 saturated heterocycles. The molecule has 7 heteroatoms. The minimum Gasteiger partial charge on any atom is -0.312 e. The Balaban J connectivity index is 1.49. The first-order valence-corrected chi connectivity index (χ1v) is 11.1. The molecule has 4 aromatic rings. The topological polar surface area (TPSA) is 72.0 Å². The summed E-state index contributed by atoms with van der Waals surface area (Å²) in [4.78, 5) is 4.10. The van der Waals surface area contributed by atoms with Crippen molar-refractivity contribution in [1.29, 1.82) is 10.5 Å². The molecule has 0 aliphatic heterocycles. The zero-order valence-electron chi connectivity index (χ0n) is 18.6. The zero-order chi connectivity index (χ0) is 25.0. The Morgan fingerprint density at radius 3 is 2.08 bits per heavy atom. The van der Waals surface area contributed by atoms with Crippen LogP contribution in [0.3, 0.4) is 0 Å². The molecule has 0 fully saturated rings. The van der Waals surface area contributed by atoms with E-state index in [0.29, 0.717) is 11.3 Å². The quantitative estimate of drug-likeness (QED) is 0.225. The summed E-state index contributed by atoms with van der Waals surface area (Å²) in [6, 6.07) is 22.1. The minimum atomic E-state index is -4.40. The van der Waals surface area contributed by atoms with Crippen LogP contribution in [-0.4, -0.2) is 5.71 Å². The molecule has 1 unspecified atom stereocenters. The van der Waals surface area contributed by atoms with Gasteiger partial charge in [0.05, 0.1) is 17.3 Å². The molecule has 0 saturated carbocycles. The standard InChI is InChI=1S/C29H15F3N4/c30-29(31,32)18-8-5-16(6-9-18)17-7-10-20-23-13-25-22(12-26(23)28(36-15-34)24(20)11-17)19-3-1-2-4-21(19)27(25)35-14-33/h1-13,28,36H/b35-27+. The average Bonchev–Trinajstić information content (AvgIpc) is 3.35. The molecule has 36 heavy (non-hydrogen) atoms. The Morgan fingerprint density at radius 1 is 0.694 bits per heavy atom. The van der Waals surface area contributed by atoms with Gasteiger partial charge in [-0.25, -0.2) is 0 Å². The van der Waals surface area contributed by atoms with Gasteiger partial charge in [-0.2, -0.15) is 28.7 Å². The number of aliphatic imine (C=N–C) groups is 1. The highest BCUT2D eigenvalue weighted by atomic mass is 19.4. The molecule has 0 amide bonds. The van der Waals surface area contributed by atoms with E-state index in [2.05, 4.69) is 10.3 Å². The number of nitrogens with zero attached hydrogens (tertiary/aromatic N) is 3. The Morgan fingerprint density at radius 2 is 1.39 bits per heavy atom. The van der Waals surface area contributed by atoms with Crippen LogP contribution in [0.1, 0.15) is 33.9 Å². The van der Waals surface area contributed by atoms with E-state index in [1.807, 2.05) is 67.0 Å². The van der Waals surface area contributed by atoms with Crippen molar-refractivity contribution in [2.45, 2.75) is 12.2 Å². The van der Waals surface area contributed by atoms with Crippen molar-refractivity contribution in [3.8, 4) is 45.8 Å². The molecule has 0 bridgehead atoms. The molecule has 2 aliphatic rings. The fraction of sp³-hybridized carbons (Fsp3) is 0.0690. The van der Waals surface area contributed by atoms with Gasteiger partial charge in [0.1, 0.15) is 0 Å². The number of alkyl halides is 3. The van der Waals surface area contributed by atoms with E-state index in [4.69, 9.17) is 0 Å². The lowest BCUT2D eigenvalue weighted by molar-refractivity contribution is -0.137. The normalized spacial score (nSPS) is 15.9. The molecule has 1 N–H and O–H groups in total. The van der Waals surface area contributed by atoms with E-state index >= 15 is 0 Å². The molecular weight excluding hydrogens is 461 g/mol. The van der Waals surface area contributed by atoms with Crippen LogP contribution in [0.5, 0.6) is 0 Å². The molecule has 4 nitrogen and oxygen atoms in total. The Labute approximate surface area is 204 Å². The molecular formula is C29H15F3N4. The van der Waals surface area contributed by atoms with Crippen molar-refractivity contribution in [3.05, 3.63) is 107 Å². The van der Waals surface area contributed by atoms with Crippen LogP contribution in [0, 0.1) is 22.9 Å². The molecule has 0 heterocycles. The molecule has 1 atom stereocenters. The van der Waals surface area contributed by atoms with E-state index in [9.17, 15) is 23.7 Å². The predicted octanol–water partition coefficient (Wildman–Crippen LogP) is 6.81. The molecule has 0 spiro atoms. The van der Waals surface area contributed by atoms with Crippen molar-refractivity contribution in [1.82, 2.24) is 5.32 Å². The number of hydrogen-bond acceptors (Lipinski definition) is 4. The van der Waals surface area contributed by atoms with Gasteiger partial charge in [0.2, 0.25) is 6.19 Å². The Bertz CT molecular complexity index is 1670. The molecule has 6 rings (SSSR count). The van der Waals surface area contributed by atoms with E-state index in [1.54, 1.807) is 0 Å². The van der Waals surface area contributed by atoms with Gasteiger partial charge in [0, 0.05) is 11.1 Å². The van der Waals surface area contributed by atoms with Gasteiger partial charge >= 0.3 is 6.18 Å². The van der Waals surface area contributed by atoms with Crippen molar-refractivity contribution < 1.29 is 13.2 Å². The molecule has 0 radical (unpaired) electrons. The molecule has 172 valence electrons. The fourth-order valence-corrected chi connectivity index (χ4v) is 5.21. The third-order valence-corrected chi connectivity index (χ3v) is 6.80. The largest absolute Gasteiger partial charge is 0.416 e. The summed E-state index contributed by atoms with van der Waals surface area (Å²) in [5.41, 5.74) is 8.61. The lowest BCUT2D eigenvalue weighted by atomic mass is 9.96. The van der Waals surface area contributed by atoms with Crippen LogP contribution in [0.15, 0.2) is 83.9 Å². The second kappa shape index (κ2) is 7.83. The fourth-order valence-electron chi connectivity index (χ4n) is 5.21. The maximum atomic E-state index is 13.0. The number of hydrogen-bond donors (Lipinski definition) is 1. The summed E-state index contributed by atoms with van der Waals surface area (Å²) in [7, 11) is 0. The minimum absolute atomic E-state index is 0.413. The average molecular weight is 476 g/mol. The highest BCUT2D eigenvalue weighted by molar-refractivity contribution is 6.25. The van der Waals surface area contributed by atoms with Gasteiger partial charge in [-0.15, -0.1) is 0 Å². The number of nitrogens with one attached hydrogen (secondary N) is 1. The SMILES string of the molecule is N#C/N=C1\c2ccccc2-c2cc3c(cc21)-c1ccc(-c2ccc(C(F)(F)F)cc2)cc1C3NC#N. The number of fused-ring (bicyclic) bond motifs is 6. The van der Waals surface area contributed by atoms with Gasteiger partial charge in [-0.1, -0.05) is 48.5 Å². The van der Waals surface area contributed by atoms with Crippen molar-refractivity contribution >= 4 is 5.71 Å². The molecule has 4 aromatic carbocycles. The summed E-state index contributed by atoms with van der Waals surface area (Å²) in [5.74, 6) is 0. The number of nitriles is 2. The smallest absolute Gasteiger partial charge is 0.312 e. The van der Waals surface area contributed by atoms with Crippen LogP contribution in [0.2, 0.25) is 0 Å². The van der Waals surface area contributed by atoms with Gasteiger partial charge in [-0.05, 0) is 74.8 Å². The maximum Gasteiger partial charge on any atom is 0.416 e. The third kappa shape index (κ3) is 3.18. The summed E-state index contributed by atoms with van der Waals surface area (Å²) in [6.45, 7) is 0. The van der Waals surface area contributed by atoms with Crippen LogP contribution in [-0.2, 0) is 6.18 Å². The highest BCUT2D eigenvalue weighted by Gasteiger charge is 2.34. The van der Waals surface area contributed by atoms with Gasteiger partial charge in [0.25, 0.3) is 0 Å². The van der Waals surface area contributed by atoms with E-state index < -0.39 is 17.8 Å². The van der Waals surface area contributed by atoms with Gasteiger partial charge in [0.15, 0.2) is 6.19 Å². The second-order valence-electron chi connectivity index (χ2n) is 8.66. The van der Waals surface area contributed by atoms with Gasteiger partial charge < -0.3 is 5.32 Å². The van der Waals surface area contributed by atoms with E-state index in [-0.39, 0.29) is 0 Å². The number of benzene rings is 4. The van der Waals surface area contributed by atoms with E-state index in [1.165, 1.54) is 12.1 Å². The second-order valence-corrected chi connectivity index (χ2v) is 8.66. The van der Waals surface area contributed by atoms with Crippen LogP contribution < -0.4 is 5.32 Å². The lowest BCUT2D eigenvalue weighted by Crippen LogP contribution is -2.14. The monoisotopic (exact) mass is 476 g/mol. The van der Waals surface area contributed by atoms with Crippen LogP contribution in [0.4, 0.5) is 13.2 Å². The first kappa shape index (κ1) is 21.6. The number of halogens is 3.